The second-order valence-corrected chi connectivity index (χ2v) is 4.59. The van der Waals surface area contributed by atoms with E-state index in [1.54, 1.807) is 0 Å². The molecule has 0 spiro atoms. The van der Waals surface area contributed by atoms with Crippen molar-refractivity contribution >= 4 is 16.8 Å². The molecule has 0 amide bonds. The molecule has 1 aliphatic heterocycles. The third-order valence-corrected chi connectivity index (χ3v) is 2.81. The fourth-order valence-electron chi connectivity index (χ4n) is 1.39. The molecule has 1 heterocycles. The Balaban J connectivity index is 2.77. The first-order valence-corrected chi connectivity index (χ1v) is 4.67. The minimum Gasteiger partial charge on any atom is -0.223 e. The Morgan fingerprint density at radius 3 is 2.00 bits per heavy atom. The summed E-state index contributed by atoms with van der Waals surface area (Å²) in [5, 5.41) is 1.02. The number of halogens is 1. The molecule has 0 aromatic heterocycles. The number of hydrogen-bond acceptors (Lipinski definition) is 0. The van der Waals surface area contributed by atoms with Crippen LogP contribution < -0.4 is 0 Å². The molecule has 2 heteroatoms. The van der Waals surface area contributed by atoms with Crippen LogP contribution in [0.3, 0.4) is 0 Å². The van der Waals surface area contributed by atoms with E-state index in [1.165, 1.54) is 12.8 Å². The molecule has 1 nitrogen and oxygen atoms in total. The second kappa shape index (κ2) is 3.14. The summed E-state index contributed by atoms with van der Waals surface area (Å²) < 4.78 is 2.29. The molecule has 0 radical (unpaired) electrons. The van der Waals surface area contributed by atoms with Crippen molar-refractivity contribution in [1.29, 1.82) is 0 Å². The van der Waals surface area contributed by atoms with E-state index in [1.807, 2.05) is 0 Å². The molecule has 0 aromatic rings. The summed E-state index contributed by atoms with van der Waals surface area (Å²) in [4.78, 5) is 0. The molecular formula is C9H17ClN+. The first-order valence-electron chi connectivity index (χ1n) is 4.30. The van der Waals surface area contributed by atoms with Gasteiger partial charge in [-0.1, -0.05) is 0 Å². The van der Waals surface area contributed by atoms with Crippen molar-refractivity contribution in [2.24, 2.45) is 5.41 Å². The second-order valence-electron chi connectivity index (χ2n) is 4.23. The van der Waals surface area contributed by atoms with E-state index in [4.69, 9.17) is 11.6 Å². The van der Waals surface area contributed by atoms with E-state index in [2.05, 4.69) is 25.3 Å². The van der Waals surface area contributed by atoms with E-state index >= 15 is 0 Å². The van der Waals surface area contributed by atoms with Gasteiger partial charge in [-0.25, -0.2) is 4.58 Å². The monoisotopic (exact) mass is 174 g/mol. The van der Waals surface area contributed by atoms with Crippen LogP contribution in [-0.4, -0.2) is 22.8 Å². The van der Waals surface area contributed by atoms with Gasteiger partial charge in [0.15, 0.2) is 0 Å². The standard InChI is InChI=1S/C9H17ClN/c1-9(2,3)8(10)11-6-4-5-7-11/h4-7H2,1-3H3/q+1. The number of hydrogen-bond donors (Lipinski definition) is 0. The maximum absolute atomic E-state index is 6.21. The van der Waals surface area contributed by atoms with E-state index in [0.29, 0.717) is 0 Å². The van der Waals surface area contributed by atoms with Crippen LogP contribution in [-0.2, 0) is 0 Å². The Morgan fingerprint density at radius 1 is 1.18 bits per heavy atom. The lowest BCUT2D eigenvalue weighted by Gasteiger charge is -2.13. The molecule has 1 saturated heterocycles. The number of rotatable bonds is 0. The molecule has 1 aliphatic rings. The van der Waals surface area contributed by atoms with E-state index in [0.717, 1.165) is 18.3 Å². The highest BCUT2D eigenvalue weighted by Crippen LogP contribution is 2.20. The van der Waals surface area contributed by atoms with Gasteiger partial charge in [-0.2, -0.15) is 0 Å². The van der Waals surface area contributed by atoms with Gasteiger partial charge < -0.3 is 0 Å². The van der Waals surface area contributed by atoms with E-state index in [9.17, 15) is 0 Å². The zero-order chi connectivity index (χ0) is 8.48. The summed E-state index contributed by atoms with van der Waals surface area (Å²) in [6.07, 6.45) is 2.60. The van der Waals surface area contributed by atoms with Crippen LogP contribution in [0.4, 0.5) is 0 Å². The highest BCUT2D eigenvalue weighted by Gasteiger charge is 2.28. The maximum Gasteiger partial charge on any atom is 0.250 e. The summed E-state index contributed by atoms with van der Waals surface area (Å²) in [7, 11) is 0. The minimum absolute atomic E-state index is 0.131. The fourth-order valence-corrected chi connectivity index (χ4v) is 1.56. The van der Waals surface area contributed by atoms with Crippen molar-refractivity contribution < 1.29 is 4.58 Å². The topological polar surface area (TPSA) is 3.01 Å². The molecule has 1 fully saturated rings. The van der Waals surface area contributed by atoms with Gasteiger partial charge in [0.05, 0.1) is 5.41 Å². The average Bonchev–Trinajstić information content (AvgIpc) is 2.34. The lowest BCUT2D eigenvalue weighted by molar-refractivity contribution is -0.507. The Labute approximate surface area is 74.1 Å². The van der Waals surface area contributed by atoms with Crippen molar-refractivity contribution in [3.8, 4) is 0 Å². The molecule has 0 unspecified atom stereocenters. The van der Waals surface area contributed by atoms with Crippen molar-refractivity contribution in [2.45, 2.75) is 33.6 Å². The van der Waals surface area contributed by atoms with Crippen LogP contribution >= 0.6 is 11.6 Å². The Morgan fingerprint density at radius 2 is 1.64 bits per heavy atom. The van der Waals surface area contributed by atoms with Crippen molar-refractivity contribution in [2.75, 3.05) is 13.1 Å². The first kappa shape index (κ1) is 9.05. The van der Waals surface area contributed by atoms with Crippen molar-refractivity contribution in [1.82, 2.24) is 0 Å². The highest BCUT2D eigenvalue weighted by atomic mass is 35.5. The van der Waals surface area contributed by atoms with Gasteiger partial charge in [0, 0.05) is 12.8 Å². The maximum atomic E-state index is 6.21. The Bertz CT molecular complexity index is 168. The molecule has 0 bridgehead atoms. The molecule has 0 aromatic carbocycles. The lowest BCUT2D eigenvalue weighted by atomic mass is 9.98. The van der Waals surface area contributed by atoms with Gasteiger partial charge in [0.25, 0.3) is 0 Å². The van der Waals surface area contributed by atoms with Gasteiger partial charge in [-0.15, -0.1) is 0 Å². The summed E-state index contributed by atoms with van der Waals surface area (Å²) in [6, 6.07) is 0. The van der Waals surface area contributed by atoms with Gasteiger partial charge in [0.1, 0.15) is 13.1 Å². The SMILES string of the molecule is CC(C)(C)C(Cl)=[N+]1CCCC1. The van der Waals surface area contributed by atoms with Gasteiger partial charge >= 0.3 is 0 Å². The molecule has 64 valence electrons. The van der Waals surface area contributed by atoms with Gasteiger partial charge in [-0.05, 0) is 32.4 Å². The average molecular weight is 175 g/mol. The fraction of sp³-hybridized carbons (Fsp3) is 0.889. The van der Waals surface area contributed by atoms with Crippen molar-refractivity contribution in [3.05, 3.63) is 0 Å². The molecule has 0 atom stereocenters. The molecule has 0 N–H and O–H groups in total. The minimum atomic E-state index is 0.131. The van der Waals surface area contributed by atoms with Crippen LogP contribution in [0.25, 0.3) is 0 Å². The smallest absolute Gasteiger partial charge is 0.223 e. The van der Waals surface area contributed by atoms with E-state index < -0.39 is 0 Å². The lowest BCUT2D eigenvalue weighted by Crippen LogP contribution is -2.25. The largest absolute Gasteiger partial charge is 0.250 e. The number of nitrogens with zero attached hydrogens (tertiary/aromatic N) is 1. The molecule has 0 saturated carbocycles. The van der Waals surface area contributed by atoms with Gasteiger partial charge in [-0.3, -0.25) is 0 Å². The Hall–Kier alpha value is -0.0400. The third kappa shape index (κ3) is 2.19. The van der Waals surface area contributed by atoms with Crippen molar-refractivity contribution in [3.63, 3.8) is 0 Å². The summed E-state index contributed by atoms with van der Waals surface area (Å²) in [6.45, 7) is 8.78. The molecule has 1 rings (SSSR count). The van der Waals surface area contributed by atoms with Gasteiger partial charge in [0.2, 0.25) is 5.17 Å². The molecule has 0 aliphatic carbocycles. The first-order chi connectivity index (χ1) is 5.02. The van der Waals surface area contributed by atoms with Crippen LogP contribution in [0.1, 0.15) is 33.6 Å². The van der Waals surface area contributed by atoms with Crippen LogP contribution in [0, 0.1) is 5.41 Å². The zero-order valence-electron chi connectivity index (χ0n) is 7.65. The van der Waals surface area contributed by atoms with Crippen LogP contribution in [0.15, 0.2) is 0 Å². The van der Waals surface area contributed by atoms with Crippen LogP contribution in [0.2, 0.25) is 0 Å². The quantitative estimate of drug-likeness (QED) is 0.497. The Kier molecular flexibility index (Phi) is 2.58. The van der Waals surface area contributed by atoms with E-state index in [-0.39, 0.29) is 5.41 Å². The zero-order valence-corrected chi connectivity index (χ0v) is 8.41. The summed E-state index contributed by atoms with van der Waals surface area (Å²) in [5.74, 6) is 0. The normalized spacial score (nSPS) is 19.1. The third-order valence-electron chi connectivity index (χ3n) is 2.00. The summed E-state index contributed by atoms with van der Waals surface area (Å²) >= 11 is 6.21. The predicted octanol–water partition coefficient (Wildman–Crippen LogP) is 2.48. The van der Waals surface area contributed by atoms with Crippen LogP contribution in [0.5, 0.6) is 0 Å². The predicted molar refractivity (Wildman–Crippen MR) is 49.5 cm³/mol. The molecular weight excluding hydrogens is 158 g/mol. The summed E-state index contributed by atoms with van der Waals surface area (Å²) in [5.41, 5.74) is 0.131. The highest BCUT2D eigenvalue weighted by molar-refractivity contribution is 6.64. The molecule has 11 heavy (non-hydrogen) atoms.